The van der Waals surface area contributed by atoms with Crippen molar-refractivity contribution >= 4 is 17.3 Å². The lowest BCUT2D eigenvalue weighted by molar-refractivity contribution is -0.384. The minimum absolute atomic E-state index is 0.0170. The van der Waals surface area contributed by atoms with E-state index < -0.39 is 10.9 Å². The molecule has 2 fully saturated rings. The third-order valence-corrected chi connectivity index (χ3v) is 5.18. The number of piperidine rings is 1. The van der Waals surface area contributed by atoms with Gasteiger partial charge in [-0.05, 0) is 37.8 Å². The van der Waals surface area contributed by atoms with Gasteiger partial charge in [0.05, 0.1) is 17.6 Å². The van der Waals surface area contributed by atoms with Crippen LogP contribution in [0.3, 0.4) is 0 Å². The lowest BCUT2D eigenvalue weighted by Crippen LogP contribution is -2.33. The number of carbonyl (C=O) groups excluding carboxylic acids is 1. The first kappa shape index (κ1) is 17.4. The first-order valence-electron chi connectivity index (χ1n) is 9.02. The van der Waals surface area contributed by atoms with Gasteiger partial charge in [-0.25, -0.2) is 4.79 Å². The Balaban J connectivity index is 1.50. The van der Waals surface area contributed by atoms with Crippen molar-refractivity contribution in [1.29, 1.82) is 0 Å². The molecule has 2 aromatic rings. The Kier molecular flexibility index (Phi) is 4.51. The number of aromatic nitrogens is 2. The molecule has 0 bridgehead atoms. The fourth-order valence-corrected chi connectivity index (χ4v) is 3.46. The van der Waals surface area contributed by atoms with Crippen molar-refractivity contribution in [2.75, 3.05) is 25.1 Å². The third-order valence-electron chi connectivity index (χ3n) is 5.18. The molecular formula is C18H20N4O5. The van der Waals surface area contributed by atoms with Crippen molar-refractivity contribution in [2.45, 2.75) is 37.5 Å². The van der Waals surface area contributed by atoms with Crippen molar-refractivity contribution in [3.63, 3.8) is 0 Å². The molecule has 142 valence electrons. The van der Waals surface area contributed by atoms with Crippen LogP contribution in [-0.2, 0) is 4.74 Å². The molecule has 1 aliphatic carbocycles. The number of nitro benzene ring substituents is 1. The number of esters is 1. The summed E-state index contributed by atoms with van der Waals surface area (Å²) in [5.41, 5.74) is 0.720. The number of hydrogen-bond acceptors (Lipinski definition) is 8. The average Bonchev–Trinajstić information content (AvgIpc) is 3.43. The van der Waals surface area contributed by atoms with Gasteiger partial charge in [0.1, 0.15) is 5.69 Å². The minimum atomic E-state index is -0.513. The second-order valence-corrected chi connectivity index (χ2v) is 6.98. The first-order valence-corrected chi connectivity index (χ1v) is 9.02. The Hall–Kier alpha value is -2.97. The van der Waals surface area contributed by atoms with E-state index in [9.17, 15) is 14.9 Å². The maximum absolute atomic E-state index is 11.8. The molecule has 1 saturated heterocycles. The van der Waals surface area contributed by atoms with Gasteiger partial charge in [-0.2, -0.15) is 4.98 Å². The number of rotatable bonds is 5. The molecule has 1 aromatic heterocycles. The molecule has 9 heteroatoms. The zero-order valence-electron chi connectivity index (χ0n) is 15.0. The average molecular weight is 372 g/mol. The highest BCUT2D eigenvalue weighted by Crippen LogP contribution is 2.40. The standard InChI is InChI=1S/C18H20N4O5/c1-26-18(23)13-4-5-14(22(24)25)15(10-13)21-8-6-11(7-9-21)16-19-17(27-20-16)12-2-3-12/h4-5,10-12H,2-3,6-9H2,1H3. The van der Waals surface area contributed by atoms with Crippen LogP contribution in [0.15, 0.2) is 22.7 Å². The molecule has 9 nitrogen and oxygen atoms in total. The SMILES string of the molecule is COC(=O)c1ccc([N+](=O)[O-])c(N2CCC(c3noc(C4CC4)n3)CC2)c1. The van der Waals surface area contributed by atoms with Crippen LogP contribution in [0.2, 0.25) is 0 Å². The van der Waals surface area contributed by atoms with Crippen molar-refractivity contribution in [3.8, 4) is 0 Å². The first-order chi connectivity index (χ1) is 13.1. The zero-order valence-corrected chi connectivity index (χ0v) is 15.0. The molecule has 0 radical (unpaired) electrons. The summed E-state index contributed by atoms with van der Waals surface area (Å²) in [6, 6.07) is 4.30. The minimum Gasteiger partial charge on any atom is -0.465 e. The number of ether oxygens (including phenoxy) is 1. The summed E-state index contributed by atoms with van der Waals surface area (Å²) < 4.78 is 10.1. The molecule has 0 atom stereocenters. The maximum Gasteiger partial charge on any atom is 0.337 e. The van der Waals surface area contributed by atoms with E-state index in [-0.39, 0.29) is 11.6 Å². The van der Waals surface area contributed by atoms with Gasteiger partial charge in [0.15, 0.2) is 5.82 Å². The molecule has 2 heterocycles. The summed E-state index contributed by atoms with van der Waals surface area (Å²) >= 11 is 0. The quantitative estimate of drug-likeness (QED) is 0.447. The number of methoxy groups -OCH3 is 1. The van der Waals surface area contributed by atoms with Crippen LogP contribution in [0.1, 0.15) is 59.6 Å². The smallest absolute Gasteiger partial charge is 0.337 e. The second kappa shape index (κ2) is 6.98. The summed E-state index contributed by atoms with van der Waals surface area (Å²) in [6.07, 6.45) is 3.76. The Morgan fingerprint density at radius 3 is 2.63 bits per heavy atom. The lowest BCUT2D eigenvalue weighted by Gasteiger charge is -2.32. The monoisotopic (exact) mass is 372 g/mol. The van der Waals surface area contributed by atoms with Crippen LogP contribution >= 0.6 is 0 Å². The Morgan fingerprint density at radius 1 is 1.26 bits per heavy atom. The number of nitro groups is 1. The molecule has 0 amide bonds. The van der Waals surface area contributed by atoms with E-state index in [0.717, 1.165) is 37.4 Å². The van der Waals surface area contributed by atoms with E-state index >= 15 is 0 Å². The Bertz CT molecular complexity index is 868. The number of anilines is 1. The van der Waals surface area contributed by atoms with Crippen LogP contribution < -0.4 is 4.90 Å². The fourth-order valence-electron chi connectivity index (χ4n) is 3.46. The number of benzene rings is 1. The van der Waals surface area contributed by atoms with E-state index in [2.05, 4.69) is 10.1 Å². The van der Waals surface area contributed by atoms with Crippen molar-refractivity contribution in [1.82, 2.24) is 10.1 Å². The van der Waals surface area contributed by atoms with Crippen LogP contribution in [0.4, 0.5) is 11.4 Å². The van der Waals surface area contributed by atoms with Gasteiger partial charge in [-0.3, -0.25) is 10.1 Å². The molecule has 0 N–H and O–H groups in total. The maximum atomic E-state index is 11.8. The van der Waals surface area contributed by atoms with Crippen LogP contribution in [0.25, 0.3) is 0 Å². The highest BCUT2D eigenvalue weighted by molar-refractivity contribution is 5.91. The van der Waals surface area contributed by atoms with Gasteiger partial charge in [0.2, 0.25) is 5.89 Å². The predicted octanol–water partition coefficient (Wildman–Crippen LogP) is 3.03. The van der Waals surface area contributed by atoms with Gasteiger partial charge in [-0.1, -0.05) is 5.16 Å². The summed E-state index contributed by atoms with van der Waals surface area (Å²) in [4.78, 5) is 29.2. The van der Waals surface area contributed by atoms with E-state index in [1.807, 2.05) is 4.90 Å². The number of nitrogens with zero attached hydrogens (tertiary/aromatic N) is 4. The van der Waals surface area contributed by atoms with Gasteiger partial charge in [0, 0.05) is 31.0 Å². The summed E-state index contributed by atoms with van der Waals surface area (Å²) in [7, 11) is 1.29. The van der Waals surface area contributed by atoms with E-state index in [1.54, 1.807) is 0 Å². The second-order valence-electron chi connectivity index (χ2n) is 6.98. The van der Waals surface area contributed by atoms with Crippen LogP contribution in [-0.4, -0.2) is 41.2 Å². The summed E-state index contributed by atoms with van der Waals surface area (Å²) in [5, 5.41) is 15.5. The highest BCUT2D eigenvalue weighted by atomic mass is 16.6. The topological polar surface area (TPSA) is 112 Å². The summed E-state index contributed by atoms with van der Waals surface area (Å²) in [6.45, 7) is 1.23. The van der Waals surface area contributed by atoms with E-state index in [1.165, 1.54) is 25.3 Å². The fraction of sp³-hybridized carbons (Fsp3) is 0.500. The molecule has 1 saturated carbocycles. The molecule has 1 aliphatic heterocycles. The van der Waals surface area contributed by atoms with Gasteiger partial charge < -0.3 is 14.2 Å². The zero-order chi connectivity index (χ0) is 19.0. The van der Waals surface area contributed by atoms with Gasteiger partial charge >= 0.3 is 5.97 Å². The van der Waals surface area contributed by atoms with Crippen molar-refractivity contribution < 1.29 is 19.0 Å². The molecule has 0 spiro atoms. The van der Waals surface area contributed by atoms with Gasteiger partial charge in [-0.15, -0.1) is 0 Å². The summed E-state index contributed by atoms with van der Waals surface area (Å²) in [5.74, 6) is 1.55. The number of carbonyl (C=O) groups is 1. The van der Waals surface area contributed by atoms with Crippen LogP contribution in [0, 0.1) is 10.1 Å². The van der Waals surface area contributed by atoms with Crippen molar-refractivity contribution in [2.24, 2.45) is 0 Å². The molecule has 0 unspecified atom stereocenters. The molecule has 2 aliphatic rings. The third kappa shape index (κ3) is 3.49. The van der Waals surface area contributed by atoms with Crippen molar-refractivity contribution in [3.05, 3.63) is 45.6 Å². The highest BCUT2D eigenvalue weighted by Gasteiger charge is 2.32. The normalized spacial score (nSPS) is 17.7. The van der Waals surface area contributed by atoms with E-state index in [0.29, 0.717) is 30.3 Å². The Labute approximate surface area is 155 Å². The molecule has 4 rings (SSSR count). The number of hydrogen-bond donors (Lipinski definition) is 0. The molecule has 27 heavy (non-hydrogen) atoms. The van der Waals surface area contributed by atoms with Crippen LogP contribution in [0.5, 0.6) is 0 Å². The molecular weight excluding hydrogens is 352 g/mol. The Morgan fingerprint density at radius 2 is 2.00 bits per heavy atom. The largest absolute Gasteiger partial charge is 0.465 e. The van der Waals surface area contributed by atoms with Gasteiger partial charge in [0.25, 0.3) is 5.69 Å². The van der Waals surface area contributed by atoms with E-state index in [4.69, 9.17) is 9.26 Å². The lowest BCUT2D eigenvalue weighted by atomic mass is 9.95. The molecule has 1 aromatic carbocycles. The predicted molar refractivity (Wildman–Crippen MR) is 94.9 cm³/mol.